The van der Waals surface area contributed by atoms with Gasteiger partial charge in [0.2, 0.25) is 0 Å². The molecule has 0 aromatic heterocycles. The predicted octanol–water partition coefficient (Wildman–Crippen LogP) is 1.37. The molecule has 2 atom stereocenters. The molecule has 2 fully saturated rings. The third kappa shape index (κ3) is 1.99. The van der Waals surface area contributed by atoms with Crippen LogP contribution in [-0.4, -0.2) is 31.2 Å². The molecule has 2 unspecified atom stereocenters. The summed E-state index contributed by atoms with van der Waals surface area (Å²) in [7, 11) is 1.34. The molecule has 0 spiro atoms. The second kappa shape index (κ2) is 4.34. The number of anilines is 1. The van der Waals surface area contributed by atoms with Crippen molar-refractivity contribution >= 4 is 11.4 Å². The molecule has 1 aromatic carbocycles. The van der Waals surface area contributed by atoms with E-state index in [1.165, 1.54) is 13.2 Å². The Balaban J connectivity index is 1.88. The first-order valence-electron chi connectivity index (χ1n) is 6.11. The minimum absolute atomic E-state index is 0.0111. The van der Waals surface area contributed by atoms with Crippen molar-refractivity contribution in [3.63, 3.8) is 0 Å². The molecule has 1 aromatic rings. The van der Waals surface area contributed by atoms with Crippen LogP contribution in [0.15, 0.2) is 12.1 Å². The molecule has 6 nitrogen and oxygen atoms in total. The number of benzene rings is 1. The lowest BCUT2D eigenvalue weighted by Gasteiger charge is -2.11. The van der Waals surface area contributed by atoms with Gasteiger partial charge in [0.15, 0.2) is 11.6 Å². The lowest BCUT2D eigenvalue weighted by atomic mass is 10.2. The van der Waals surface area contributed by atoms with E-state index in [2.05, 4.69) is 10.6 Å². The molecule has 3 rings (SSSR count). The van der Waals surface area contributed by atoms with Crippen molar-refractivity contribution in [2.75, 3.05) is 25.5 Å². The average Bonchev–Trinajstić information content (AvgIpc) is 2.83. The van der Waals surface area contributed by atoms with Gasteiger partial charge in [-0.25, -0.2) is 4.39 Å². The van der Waals surface area contributed by atoms with Crippen LogP contribution in [0.25, 0.3) is 0 Å². The zero-order valence-electron chi connectivity index (χ0n) is 10.4. The first-order valence-corrected chi connectivity index (χ1v) is 6.11. The number of nitro groups is 1. The summed E-state index contributed by atoms with van der Waals surface area (Å²) >= 11 is 0. The molecule has 1 aliphatic heterocycles. The highest BCUT2D eigenvalue weighted by Crippen LogP contribution is 2.45. The molecule has 0 amide bonds. The highest BCUT2D eigenvalue weighted by molar-refractivity contribution is 5.66. The van der Waals surface area contributed by atoms with E-state index in [1.807, 2.05) is 0 Å². The summed E-state index contributed by atoms with van der Waals surface area (Å²) in [4.78, 5) is 10.4. The number of fused-ring (bicyclic) bond motifs is 1. The average molecular weight is 267 g/mol. The van der Waals surface area contributed by atoms with Crippen molar-refractivity contribution in [2.24, 2.45) is 11.8 Å². The molecular formula is C12H14FN3O3. The van der Waals surface area contributed by atoms with E-state index in [4.69, 9.17) is 4.74 Å². The van der Waals surface area contributed by atoms with Gasteiger partial charge in [0.05, 0.1) is 18.1 Å². The number of piperidine rings is 1. The summed E-state index contributed by atoms with van der Waals surface area (Å²) in [6.07, 6.45) is 0. The fraction of sp³-hybridized carbons (Fsp3) is 0.500. The summed E-state index contributed by atoms with van der Waals surface area (Å²) in [5, 5.41) is 17.4. The minimum Gasteiger partial charge on any atom is -0.494 e. The van der Waals surface area contributed by atoms with Gasteiger partial charge in [-0.05, 0) is 11.8 Å². The minimum atomic E-state index is -0.725. The zero-order valence-corrected chi connectivity index (χ0v) is 10.4. The summed E-state index contributed by atoms with van der Waals surface area (Å²) in [6.45, 7) is 1.85. The maximum Gasteiger partial charge on any atom is 0.295 e. The molecule has 1 saturated heterocycles. The van der Waals surface area contributed by atoms with Crippen molar-refractivity contribution in [1.29, 1.82) is 0 Å². The van der Waals surface area contributed by atoms with Crippen molar-refractivity contribution in [3.05, 3.63) is 28.1 Å². The fourth-order valence-electron chi connectivity index (χ4n) is 2.78. The number of halogens is 1. The largest absolute Gasteiger partial charge is 0.494 e. The molecule has 102 valence electrons. The molecule has 19 heavy (non-hydrogen) atoms. The normalized spacial score (nSPS) is 27.8. The Morgan fingerprint density at radius 1 is 1.47 bits per heavy atom. The Labute approximate surface area is 109 Å². The zero-order chi connectivity index (χ0) is 13.6. The van der Waals surface area contributed by atoms with Crippen LogP contribution < -0.4 is 15.4 Å². The SMILES string of the molecule is COc1cc(NC2C3CNCC32)c([N+](=O)[O-])cc1F. The van der Waals surface area contributed by atoms with Crippen LogP contribution in [0, 0.1) is 27.8 Å². The van der Waals surface area contributed by atoms with Crippen LogP contribution in [0.3, 0.4) is 0 Å². The summed E-state index contributed by atoms with van der Waals surface area (Å²) in [6, 6.07) is 2.49. The molecule has 0 bridgehead atoms. The quantitative estimate of drug-likeness (QED) is 0.636. The van der Waals surface area contributed by atoms with Gasteiger partial charge >= 0.3 is 0 Å². The topological polar surface area (TPSA) is 76.4 Å². The van der Waals surface area contributed by atoms with Crippen LogP contribution in [0.4, 0.5) is 15.8 Å². The maximum atomic E-state index is 13.5. The smallest absolute Gasteiger partial charge is 0.295 e. The number of nitrogens with one attached hydrogen (secondary N) is 2. The van der Waals surface area contributed by atoms with Crippen LogP contribution in [0.5, 0.6) is 5.75 Å². The Morgan fingerprint density at radius 2 is 2.16 bits per heavy atom. The predicted molar refractivity (Wildman–Crippen MR) is 66.9 cm³/mol. The number of nitrogens with zero attached hydrogens (tertiary/aromatic N) is 1. The highest BCUT2D eigenvalue weighted by Gasteiger charge is 2.53. The molecule has 2 N–H and O–H groups in total. The van der Waals surface area contributed by atoms with Crippen LogP contribution in [-0.2, 0) is 0 Å². The van der Waals surface area contributed by atoms with E-state index in [9.17, 15) is 14.5 Å². The lowest BCUT2D eigenvalue weighted by Crippen LogP contribution is -2.21. The van der Waals surface area contributed by atoms with E-state index in [1.54, 1.807) is 0 Å². The number of methoxy groups -OCH3 is 1. The molecular weight excluding hydrogens is 253 g/mol. The van der Waals surface area contributed by atoms with Gasteiger partial charge in [0.25, 0.3) is 5.69 Å². The Bertz CT molecular complexity index is 527. The molecule has 7 heteroatoms. The number of hydrogen-bond acceptors (Lipinski definition) is 5. The number of rotatable bonds is 4. The second-order valence-electron chi connectivity index (χ2n) is 4.92. The highest BCUT2D eigenvalue weighted by atomic mass is 19.1. The van der Waals surface area contributed by atoms with Crippen LogP contribution >= 0.6 is 0 Å². The fourth-order valence-corrected chi connectivity index (χ4v) is 2.78. The van der Waals surface area contributed by atoms with Gasteiger partial charge in [-0.1, -0.05) is 0 Å². The lowest BCUT2D eigenvalue weighted by molar-refractivity contribution is -0.384. The Morgan fingerprint density at radius 3 is 2.74 bits per heavy atom. The second-order valence-corrected chi connectivity index (χ2v) is 4.92. The van der Waals surface area contributed by atoms with Gasteiger partial charge in [0, 0.05) is 25.2 Å². The van der Waals surface area contributed by atoms with Gasteiger partial charge in [-0.2, -0.15) is 0 Å². The monoisotopic (exact) mass is 267 g/mol. The summed E-state index contributed by atoms with van der Waals surface area (Å²) in [5.74, 6) is 0.306. The van der Waals surface area contributed by atoms with Gasteiger partial charge in [0.1, 0.15) is 5.69 Å². The Hall–Kier alpha value is -1.89. The number of nitro benzene ring substituents is 1. The molecule has 1 aliphatic carbocycles. The molecule has 0 radical (unpaired) electrons. The maximum absolute atomic E-state index is 13.5. The van der Waals surface area contributed by atoms with Crippen molar-refractivity contribution in [2.45, 2.75) is 6.04 Å². The summed E-state index contributed by atoms with van der Waals surface area (Å²) in [5.41, 5.74) is 0.0684. The van der Waals surface area contributed by atoms with Crippen LogP contribution in [0.2, 0.25) is 0 Å². The van der Waals surface area contributed by atoms with Gasteiger partial charge in [-0.3, -0.25) is 10.1 Å². The molecule has 1 heterocycles. The first kappa shape index (κ1) is 12.2. The van der Waals surface area contributed by atoms with E-state index < -0.39 is 10.7 Å². The Kier molecular flexibility index (Phi) is 2.78. The van der Waals surface area contributed by atoms with Gasteiger partial charge in [-0.15, -0.1) is 0 Å². The number of hydrogen-bond donors (Lipinski definition) is 2. The van der Waals surface area contributed by atoms with E-state index >= 15 is 0 Å². The van der Waals surface area contributed by atoms with E-state index in [0.717, 1.165) is 19.2 Å². The third-order valence-electron chi connectivity index (χ3n) is 3.88. The van der Waals surface area contributed by atoms with Gasteiger partial charge < -0.3 is 15.4 Å². The van der Waals surface area contributed by atoms with E-state index in [0.29, 0.717) is 17.5 Å². The summed E-state index contributed by atoms with van der Waals surface area (Å²) < 4.78 is 18.4. The number of ether oxygens (including phenoxy) is 1. The van der Waals surface area contributed by atoms with Crippen molar-refractivity contribution in [3.8, 4) is 5.75 Å². The van der Waals surface area contributed by atoms with E-state index in [-0.39, 0.29) is 17.5 Å². The molecule has 2 aliphatic rings. The first-order chi connectivity index (χ1) is 9.11. The van der Waals surface area contributed by atoms with Crippen molar-refractivity contribution in [1.82, 2.24) is 5.32 Å². The van der Waals surface area contributed by atoms with Crippen molar-refractivity contribution < 1.29 is 14.1 Å². The third-order valence-corrected chi connectivity index (χ3v) is 3.88. The van der Waals surface area contributed by atoms with Crippen LogP contribution in [0.1, 0.15) is 0 Å². The standard InChI is InChI=1S/C12H14FN3O3/c1-19-11-3-9(10(16(17)18)2-8(11)13)15-12-6-4-14-5-7(6)12/h2-3,6-7,12,14-15H,4-5H2,1H3. The molecule has 1 saturated carbocycles.